The largest absolute Gasteiger partial charge is 0.361 e. The highest BCUT2D eigenvalue weighted by molar-refractivity contribution is 7.90. The van der Waals surface area contributed by atoms with Crippen LogP contribution in [0.2, 0.25) is 0 Å². The molecule has 1 aliphatic heterocycles. The van der Waals surface area contributed by atoms with Gasteiger partial charge in [0.05, 0.1) is 11.9 Å². The second-order valence-corrected chi connectivity index (χ2v) is 7.82. The molecule has 1 saturated heterocycles. The molecule has 1 amide bonds. The van der Waals surface area contributed by atoms with Crippen molar-refractivity contribution in [1.82, 2.24) is 20.3 Å². The van der Waals surface area contributed by atoms with Crippen LogP contribution >= 0.6 is 0 Å². The number of aromatic amines is 1. The maximum atomic E-state index is 12.5. The average Bonchev–Trinajstić information content (AvgIpc) is 3.15. The van der Waals surface area contributed by atoms with Gasteiger partial charge in [-0.3, -0.25) is 9.89 Å². The lowest BCUT2D eigenvalue weighted by Crippen LogP contribution is -2.39. The van der Waals surface area contributed by atoms with Gasteiger partial charge in [-0.25, -0.2) is 8.42 Å². The van der Waals surface area contributed by atoms with Crippen LogP contribution in [-0.2, 0) is 9.84 Å². The molecule has 1 aliphatic rings. The fourth-order valence-corrected chi connectivity index (χ4v) is 3.76. The number of hydrogen-bond acceptors (Lipinski definition) is 6. The van der Waals surface area contributed by atoms with Crippen LogP contribution in [0.15, 0.2) is 21.7 Å². The monoisotopic (exact) mass is 338 g/mol. The molecule has 9 heteroatoms. The van der Waals surface area contributed by atoms with Crippen molar-refractivity contribution in [2.45, 2.75) is 30.6 Å². The molecule has 8 nitrogen and oxygen atoms in total. The summed E-state index contributed by atoms with van der Waals surface area (Å²) in [4.78, 5) is 14.4. The second kappa shape index (κ2) is 5.80. The Kier molecular flexibility index (Phi) is 3.97. The molecule has 0 radical (unpaired) electrons. The van der Waals surface area contributed by atoms with Gasteiger partial charge in [0.1, 0.15) is 10.7 Å². The van der Waals surface area contributed by atoms with Crippen LogP contribution in [0.5, 0.6) is 0 Å². The number of carbonyl (C=O) groups is 1. The van der Waals surface area contributed by atoms with E-state index in [9.17, 15) is 13.2 Å². The predicted octanol–water partition coefficient (Wildman–Crippen LogP) is 1.13. The van der Waals surface area contributed by atoms with Gasteiger partial charge in [-0.2, -0.15) is 5.10 Å². The fourth-order valence-electron chi connectivity index (χ4n) is 2.90. The zero-order valence-electron chi connectivity index (χ0n) is 12.9. The van der Waals surface area contributed by atoms with Crippen molar-refractivity contribution in [1.29, 1.82) is 0 Å². The number of piperidine rings is 1. The van der Waals surface area contributed by atoms with E-state index in [2.05, 4.69) is 15.4 Å². The van der Waals surface area contributed by atoms with Gasteiger partial charge in [0.2, 0.25) is 0 Å². The maximum absolute atomic E-state index is 12.5. The van der Waals surface area contributed by atoms with Crippen molar-refractivity contribution in [3.8, 4) is 0 Å². The summed E-state index contributed by atoms with van der Waals surface area (Å²) < 4.78 is 28.6. The number of amides is 1. The van der Waals surface area contributed by atoms with Crippen LogP contribution in [0.25, 0.3) is 0 Å². The van der Waals surface area contributed by atoms with Gasteiger partial charge in [0.15, 0.2) is 15.5 Å². The molecule has 0 bridgehead atoms. The van der Waals surface area contributed by atoms with Crippen LogP contribution < -0.4 is 0 Å². The second-order valence-electron chi connectivity index (χ2n) is 5.83. The molecule has 0 unspecified atom stereocenters. The molecule has 1 atom stereocenters. The summed E-state index contributed by atoms with van der Waals surface area (Å²) in [6.45, 7) is 2.77. The molecule has 124 valence electrons. The van der Waals surface area contributed by atoms with Crippen molar-refractivity contribution in [3.63, 3.8) is 0 Å². The molecule has 0 aromatic carbocycles. The standard InChI is InChI=1S/C14H18N4O4S/c1-9-6-11(17-22-9)14(19)18-5-3-4-10(8-18)13-12(7-15-16-13)23(2,20)21/h6-7,10H,3-5,8H2,1-2H3,(H,15,16)/t10-/m1/s1. The van der Waals surface area contributed by atoms with Gasteiger partial charge in [0, 0.05) is 31.3 Å². The first-order valence-corrected chi connectivity index (χ1v) is 9.21. The molecule has 1 fully saturated rings. The van der Waals surface area contributed by atoms with E-state index >= 15 is 0 Å². The van der Waals surface area contributed by atoms with E-state index in [4.69, 9.17) is 4.52 Å². The molecule has 1 N–H and O–H groups in total. The lowest BCUT2D eigenvalue weighted by Gasteiger charge is -2.32. The first-order valence-electron chi connectivity index (χ1n) is 7.32. The van der Waals surface area contributed by atoms with Crippen LogP contribution in [0.3, 0.4) is 0 Å². The van der Waals surface area contributed by atoms with E-state index in [1.165, 1.54) is 6.20 Å². The van der Waals surface area contributed by atoms with Gasteiger partial charge >= 0.3 is 0 Å². The maximum Gasteiger partial charge on any atom is 0.276 e. The van der Waals surface area contributed by atoms with E-state index in [0.717, 1.165) is 19.1 Å². The molecular weight excluding hydrogens is 320 g/mol. The molecule has 2 aromatic heterocycles. The summed E-state index contributed by atoms with van der Waals surface area (Å²) in [5.41, 5.74) is 0.845. The number of H-pyrrole nitrogens is 1. The Morgan fingerprint density at radius 1 is 1.48 bits per heavy atom. The first-order chi connectivity index (χ1) is 10.9. The van der Waals surface area contributed by atoms with Crippen molar-refractivity contribution in [3.05, 3.63) is 29.4 Å². The number of carbonyl (C=O) groups excluding carboxylic acids is 1. The zero-order chi connectivity index (χ0) is 16.6. The highest BCUT2D eigenvalue weighted by Crippen LogP contribution is 2.30. The third-order valence-corrected chi connectivity index (χ3v) is 5.12. The minimum absolute atomic E-state index is 0.0899. The Bertz CT molecular complexity index is 823. The SMILES string of the molecule is Cc1cc(C(=O)N2CCC[C@@H](c3[nH]ncc3S(C)(=O)=O)C2)no1. The van der Waals surface area contributed by atoms with E-state index in [1.807, 2.05) is 0 Å². The molecule has 23 heavy (non-hydrogen) atoms. The number of hydrogen-bond donors (Lipinski definition) is 1. The Morgan fingerprint density at radius 2 is 2.26 bits per heavy atom. The fraction of sp³-hybridized carbons (Fsp3) is 0.500. The van der Waals surface area contributed by atoms with E-state index < -0.39 is 9.84 Å². The Labute approximate surface area is 133 Å². The summed E-state index contributed by atoms with van der Waals surface area (Å²) in [7, 11) is -3.35. The van der Waals surface area contributed by atoms with Crippen LogP contribution in [0.4, 0.5) is 0 Å². The number of rotatable bonds is 3. The van der Waals surface area contributed by atoms with Gasteiger partial charge in [-0.05, 0) is 19.8 Å². The van der Waals surface area contributed by atoms with Gasteiger partial charge < -0.3 is 9.42 Å². The summed E-state index contributed by atoms with van der Waals surface area (Å²) in [5, 5.41) is 10.4. The lowest BCUT2D eigenvalue weighted by atomic mass is 9.94. The van der Waals surface area contributed by atoms with Gasteiger partial charge in [-0.15, -0.1) is 0 Å². The zero-order valence-corrected chi connectivity index (χ0v) is 13.8. The predicted molar refractivity (Wildman–Crippen MR) is 80.8 cm³/mol. The molecule has 3 rings (SSSR count). The third kappa shape index (κ3) is 3.14. The van der Waals surface area contributed by atoms with E-state index in [1.54, 1.807) is 17.9 Å². The molecule has 0 spiro atoms. The van der Waals surface area contributed by atoms with Crippen molar-refractivity contribution < 1.29 is 17.7 Å². The number of likely N-dealkylation sites (tertiary alicyclic amines) is 1. The highest BCUT2D eigenvalue weighted by Gasteiger charge is 2.30. The summed E-state index contributed by atoms with van der Waals surface area (Å²) in [6.07, 6.45) is 4.07. The molecular formula is C14H18N4O4S. The van der Waals surface area contributed by atoms with Crippen molar-refractivity contribution in [2.24, 2.45) is 0 Å². The third-order valence-electron chi connectivity index (χ3n) is 4.00. The molecule has 0 saturated carbocycles. The van der Waals surface area contributed by atoms with Crippen molar-refractivity contribution in [2.75, 3.05) is 19.3 Å². The molecule has 0 aliphatic carbocycles. The Morgan fingerprint density at radius 3 is 2.91 bits per heavy atom. The Balaban J connectivity index is 1.82. The summed E-state index contributed by atoms with van der Waals surface area (Å²) in [5.74, 6) is 0.287. The van der Waals surface area contributed by atoms with E-state index in [0.29, 0.717) is 24.5 Å². The summed E-state index contributed by atoms with van der Waals surface area (Å²) in [6, 6.07) is 1.60. The number of sulfone groups is 1. The summed E-state index contributed by atoms with van der Waals surface area (Å²) >= 11 is 0. The lowest BCUT2D eigenvalue weighted by molar-refractivity contribution is 0.0694. The minimum Gasteiger partial charge on any atom is -0.361 e. The average molecular weight is 338 g/mol. The smallest absolute Gasteiger partial charge is 0.276 e. The number of nitrogens with one attached hydrogen (secondary N) is 1. The number of nitrogens with zero attached hydrogens (tertiary/aromatic N) is 3. The highest BCUT2D eigenvalue weighted by atomic mass is 32.2. The van der Waals surface area contributed by atoms with Crippen molar-refractivity contribution >= 4 is 15.7 Å². The molecule has 3 heterocycles. The minimum atomic E-state index is -3.35. The topological polar surface area (TPSA) is 109 Å². The quantitative estimate of drug-likeness (QED) is 0.898. The Hall–Kier alpha value is -2.16. The molecule has 2 aromatic rings. The first kappa shape index (κ1) is 15.7. The van der Waals surface area contributed by atoms with Crippen LogP contribution in [0.1, 0.15) is 40.7 Å². The van der Waals surface area contributed by atoms with Gasteiger partial charge in [0.25, 0.3) is 5.91 Å². The normalized spacial score (nSPS) is 19.0. The number of aromatic nitrogens is 3. The van der Waals surface area contributed by atoms with Crippen LogP contribution in [-0.4, -0.2) is 53.9 Å². The van der Waals surface area contributed by atoms with Gasteiger partial charge in [-0.1, -0.05) is 5.16 Å². The van der Waals surface area contributed by atoms with E-state index in [-0.39, 0.29) is 22.4 Å². The number of aryl methyl sites for hydroxylation is 1. The van der Waals surface area contributed by atoms with Crippen LogP contribution in [0, 0.1) is 6.92 Å².